The van der Waals surface area contributed by atoms with E-state index in [-0.39, 0.29) is 11.6 Å². The molecular formula is C16H13F2N5O2. The third-order valence-corrected chi connectivity index (χ3v) is 3.13. The van der Waals surface area contributed by atoms with E-state index in [0.29, 0.717) is 5.69 Å². The van der Waals surface area contributed by atoms with Gasteiger partial charge in [0, 0.05) is 11.8 Å². The van der Waals surface area contributed by atoms with Gasteiger partial charge < -0.3 is 10.1 Å². The molecule has 1 amide bonds. The number of amides is 1. The van der Waals surface area contributed by atoms with Crippen molar-refractivity contribution < 1.29 is 18.3 Å². The van der Waals surface area contributed by atoms with Crippen molar-refractivity contribution >= 4 is 11.6 Å². The summed E-state index contributed by atoms with van der Waals surface area (Å²) in [5.74, 6) is -0.519. The molecule has 0 unspecified atom stereocenters. The average Bonchev–Trinajstić information content (AvgIpc) is 3.15. The first-order valence-electron chi connectivity index (χ1n) is 7.26. The monoisotopic (exact) mass is 345 g/mol. The Balaban J connectivity index is 1.72. The molecule has 0 radical (unpaired) electrons. The normalized spacial score (nSPS) is 10.7. The Bertz CT molecular complexity index is 855. The van der Waals surface area contributed by atoms with Gasteiger partial charge in [-0.1, -0.05) is 12.1 Å². The van der Waals surface area contributed by atoms with Crippen LogP contribution < -0.4 is 10.1 Å². The first-order chi connectivity index (χ1) is 12.1. The SMILES string of the molecule is O=C(Nc1cccc(-n2cnnc2)c1)c1cccc(OCC(F)F)n1. The Kier molecular flexibility index (Phi) is 4.93. The molecule has 128 valence electrons. The standard InChI is InChI=1S/C16H13F2N5O2/c17-14(18)8-25-15-6-2-5-13(22-15)16(24)21-11-3-1-4-12(7-11)23-9-19-20-10-23/h1-7,9-10,14H,8H2,(H,21,24). The van der Waals surface area contributed by atoms with Gasteiger partial charge in [-0.3, -0.25) is 9.36 Å². The summed E-state index contributed by atoms with van der Waals surface area (Å²) in [6.45, 7) is -0.779. The summed E-state index contributed by atoms with van der Waals surface area (Å²) in [4.78, 5) is 16.2. The molecule has 0 bridgehead atoms. The van der Waals surface area contributed by atoms with Crippen LogP contribution in [0.4, 0.5) is 14.5 Å². The van der Waals surface area contributed by atoms with Crippen molar-refractivity contribution in [3.8, 4) is 11.6 Å². The van der Waals surface area contributed by atoms with Gasteiger partial charge in [-0.15, -0.1) is 10.2 Å². The van der Waals surface area contributed by atoms with E-state index in [0.717, 1.165) is 5.69 Å². The zero-order valence-corrected chi connectivity index (χ0v) is 12.8. The second kappa shape index (κ2) is 7.47. The molecule has 2 aromatic heterocycles. The number of anilines is 1. The van der Waals surface area contributed by atoms with E-state index in [4.69, 9.17) is 4.74 Å². The molecule has 0 spiro atoms. The van der Waals surface area contributed by atoms with E-state index in [9.17, 15) is 13.6 Å². The summed E-state index contributed by atoms with van der Waals surface area (Å²) in [5, 5.41) is 10.1. The lowest BCUT2D eigenvalue weighted by Crippen LogP contribution is -2.15. The molecule has 9 heteroatoms. The van der Waals surface area contributed by atoms with E-state index in [2.05, 4.69) is 20.5 Å². The highest BCUT2D eigenvalue weighted by atomic mass is 19.3. The van der Waals surface area contributed by atoms with Crippen LogP contribution in [-0.2, 0) is 0 Å². The third kappa shape index (κ3) is 4.34. The molecule has 2 heterocycles. The average molecular weight is 345 g/mol. The molecule has 1 N–H and O–H groups in total. The van der Waals surface area contributed by atoms with Gasteiger partial charge in [0.15, 0.2) is 6.61 Å². The Morgan fingerprint density at radius 3 is 2.68 bits per heavy atom. The molecule has 0 aliphatic rings. The Morgan fingerprint density at radius 1 is 1.16 bits per heavy atom. The molecule has 0 fully saturated rings. The predicted molar refractivity (Wildman–Crippen MR) is 85.0 cm³/mol. The Labute approximate surface area is 141 Å². The van der Waals surface area contributed by atoms with Crippen molar-refractivity contribution in [3.63, 3.8) is 0 Å². The van der Waals surface area contributed by atoms with Crippen LogP contribution in [0.25, 0.3) is 5.69 Å². The van der Waals surface area contributed by atoms with E-state index in [1.807, 2.05) is 6.07 Å². The predicted octanol–water partition coefficient (Wildman–Crippen LogP) is 2.56. The van der Waals surface area contributed by atoms with Crippen LogP contribution >= 0.6 is 0 Å². The van der Waals surface area contributed by atoms with Gasteiger partial charge in [-0.05, 0) is 24.3 Å². The number of alkyl halides is 2. The van der Waals surface area contributed by atoms with Crippen molar-refractivity contribution in [1.82, 2.24) is 19.7 Å². The number of hydrogen-bond donors (Lipinski definition) is 1. The number of ether oxygens (including phenoxy) is 1. The molecule has 1 aromatic carbocycles. The number of benzene rings is 1. The first kappa shape index (κ1) is 16.5. The maximum Gasteiger partial charge on any atom is 0.274 e. The van der Waals surface area contributed by atoms with Crippen LogP contribution in [0.1, 0.15) is 10.5 Å². The maximum absolute atomic E-state index is 12.3. The van der Waals surface area contributed by atoms with Crippen molar-refractivity contribution in [3.05, 3.63) is 60.8 Å². The minimum absolute atomic E-state index is 0.0359. The summed E-state index contributed by atoms with van der Waals surface area (Å²) >= 11 is 0. The van der Waals surface area contributed by atoms with Crippen molar-refractivity contribution in [2.75, 3.05) is 11.9 Å². The van der Waals surface area contributed by atoms with E-state index >= 15 is 0 Å². The van der Waals surface area contributed by atoms with E-state index < -0.39 is 18.9 Å². The number of rotatable bonds is 6. The van der Waals surface area contributed by atoms with Crippen molar-refractivity contribution in [2.24, 2.45) is 0 Å². The van der Waals surface area contributed by atoms with Crippen molar-refractivity contribution in [2.45, 2.75) is 6.43 Å². The van der Waals surface area contributed by atoms with Crippen LogP contribution in [0.5, 0.6) is 5.88 Å². The summed E-state index contributed by atoms with van der Waals surface area (Å²) < 4.78 is 30.9. The minimum atomic E-state index is -2.61. The maximum atomic E-state index is 12.3. The molecule has 0 saturated heterocycles. The summed E-state index contributed by atoms with van der Waals surface area (Å²) in [7, 11) is 0. The zero-order chi connectivity index (χ0) is 17.6. The summed E-state index contributed by atoms with van der Waals surface area (Å²) in [5.41, 5.74) is 1.36. The summed E-state index contributed by atoms with van der Waals surface area (Å²) in [6.07, 6.45) is 0.457. The fourth-order valence-corrected chi connectivity index (χ4v) is 2.04. The van der Waals surface area contributed by atoms with Gasteiger partial charge >= 0.3 is 0 Å². The van der Waals surface area contributed by atoms with Crippen LogP contribution in [0.2, 0.25) is 0 Å². The topological polar surface area (TPSA) is 81.9 Å². The Morgan fingerprint density at radius 2 is 1.92 bits per heavy atom. The molecular weight excluding hydrogens is 332 g/mol. The number of aromatic nitrogens is 4. The zero-order valence-electron chi connectivity index (χ0n) is 12.8. The van der Waals surface area contributed by atoms with Gasteiger partial charge in [0.25, 0.3) is 12.3 Å². The number of carbonyl (C=O) groups excluding carboxylic acids is 1. The van der Waals surface area contributed by atoms with Gasteiger partial charge in [-0.2, -0.15) is 0 Å². The van der Waals surface area contributed by atoms with Crippen molar-refractivity contribution in [1.29, 1.82) is 0 Å². The lowest BCUT2D eigenvalue weighted by molar-refractivity contribution is 0.0794. The Hall–Kier alpha value is -3.36. The van der Waals surface area contributed by atoms with Gasteiger partial charge in [0.2, 0.25) is 5.88 Å². The number of hydrogen-bond acceptors (Lipinski definition) is 5. The first-order valence-corrected chi connectivity index (χ1v) is 7.26. The van der Waals surface area contributed by atoms with Crippen LogP contribution in [0.3, 0.4) is 0 Å². The van der Waals surface area contributed by atoms with Gasteiger partial charge in [0.05, 0.1) is 5.69 Å². The van der Waals surface area contributed by atoms with Crippen LogP contribution in [0.15, 0.2) is 55.1 Å². The van der Waals surface area contributed by atoms with Gasteiger partial charge in [0.1, 0.15) is 18.3 Å². The highest BCUT2D eigenvalue weighted by molar-refractivity contribution is 6.03. The van der Waals surface area contributed by atoms with E-state index in [1.54, 1.807) is 22.8 Å². The molecule has 0 aliphatic carbocycles. The second-order valence-corrected chi connectivity index (χ2v) is 4.94. The third-order valence-electron chi connectivity index (χ3n) is 3.13. The van der Waals surface area contributed by atoms with Crippen LogP contribution in [0, 0.1) is 0 Å². The fraction of sp³-hybridized carbons (Fsp3) is 0.125. The molecule has 25 heavy (non-hydrogen) atoms. The number of halogens is 2. The molecule has 3 aromatic rings. The van der Waals surface area contributed by atoms with Crippen LogP contribution in [-0.4, -0.2) is 38.7 Å². The minimum Gasteiger partial charge on any atom is -0.472 e. The lowest BCUT2D eigenvalue weighted by atomic mass is 10.2. The molecule has 3 rings (SSSR count). The second-order valence-electron chi connectivity index (χ2n) is 4.94. The quantitative estimate of drug-likeness (QED) is 0.742. The molecule has 0 saturated carbocycles. The van der Waals surface area contributed by atoms with E-state index in [1.165, 1.54) is 30.9 Å². The van der Waals surface area contributed by atoms with Gasteiger partial charge in [-0.25, -0.2) is 13.8 Å². The molecule has 0 atom stereocenters. The molecule has 7 nitrogen and oxygen atoms in total. The number of pyridine rings is 1. The largest absolute Gasteiger partial charge is 0.472 e. The number of nitrogens with one attached hydrogen (secondary N) is 1. The smallest absolute Gasteiger partial charge is 0.274 e. The highest BCUT2D eigenvalue weighted by Crippen LogP contribution is 2.16. The highest BCUT2D eigenvalue weighted by Gasteiger charge is 2.11. The summed E-state index contributed by atoms with van der Waals surface area (Å²) in [6, 6.07) is 11.4. The number of carbonyl (C=O) groups is 1. The molecule has 0 aliphatic heterocycles. The lowest BCUT2D eigenvalue weighted by Gasteiger charge is -2.09. The fourth-order valence-electron chi connectivity index (χ4n) is 2.04. The number of nitrogens with zero attached hydrogens (tertiary/aromatic N) is 4.